The summed E-state index contributed by atoms with van der Waals surface area (Å²) in [7, 11) is 0. The fraction of sp³-hybridized carbons (Fsp3) is 0.353. The van der Waals surface area contributed by atoms with E-state index in [0.29, 0.717) is 30.0 Å². The second-order valence-electron chi connectivity index (χ2n) is 5.62. The number of aryl methyl sites for hydroxylation is 2. The van der Waals surface area contributed by atoms with Gasteiger partial charge in [0.25, 0.3) is 0 Å². The number of anilines is 1. The first kappa shape index (κ1) is 13.7. The molecule has 1 heterocycles. The predicted molar refractivity (Wildman–Crippen MR) is 82.9 cm³/mol. The Balaban J connectivity index is 1.80. The van der Waals surface area contributed by atoms with E-state index in [0.717, 1.165) is 16.9 Å². The molecule has 4 heteroatoms. The van der Waals surface area contributed by atoms with Gasteiger partial charge in [-0.2, -0.15) is 4.98 Å². The lowest BCUT2D eigenvalue weighted by Crippen LogP contribution is -2.04. The molecule has 0 bridgehead atoms. The molecule has 1 aromatic heterocycles. The van der Waals surface area contributed by atoms with Gasteiger partial charge in [0, 0.05) is 6.07 Å². The Kier molecular flexibility index (Phi) is 3.69. The van der Waals surface area contributed by atoms with Crippen LogP contribution < -0.4 is 15.2 Å². The van der Waals surface area contributed by atoms with Crippen LogP contribution in [0.2, 0.25) is 0 Å². The van der Waals surface area contributed by atoms with Crippen LogP contribution in [0.1, 0.15) is 24.0 Å². The van der Waals surface area contributed by atoms with E-state index in [1.807, 2.05) is 32.0 Å². The van der Waals surface area contributed by atoms with Crippen molar-refractivity contribution in [1.82, 2.24) is 4.98 Å². The first-order chi connectivity index (χ1) is 10.1. The predicted octanol–water partition coefficient (Wildman–Crippen LogP) is 3.86. The number of aromatic nitrogens is 1. The van der Waals surface area contributed by atoms with E-state index < -0.39 is 0 Å². The SMILES string of the molecule is Cc1cccc(C)c1Oc1ccc(N)c(OCC2CC2)n1. The van der Waals surface area contributed by atoms with Crippen molar-refractivity contribution >= 4 is 5.69 Å². The van der Waals surface area contributed by atoms with Crippen LogP contribution in [0.3, 0.4) is 0 Å². The van der Waals surface area contributed by atoms with Crippen molar-refractivity contribution in [2.45, 2.75) is 26.7 Å². The molecule has 21 heavy (non-hydrogen) atoms. The Bertz CT molecular complexity index is 631. The number of nitrogens with zero attached hydrogens (tertiary/aromatic N) is 1. The quantitative estimate of drug-likeness (QED) is 0.905. The maximum absolute atomic E-state index is 5.91. The van der Waals surface area contributed by atoms with Gasteiger partial charge in [0.2, 0.25) is 11.8 Å². The van der Waals surface area contributed by atoms with E-state index in [2.05, 4.69) is 4.98 Å². The Labute approximate surface area is 124 Å². The summed E-state index contributed by atoms with van der Waals surface area (Å²) in [6.45, 7) is 4.72. The highest BCUT2D eigenvalue weighted by atomic mass is 16.5. The van der Waals surface area contributed by atoms with Gasteiger partial charge in [-0.05, 0) is 49.8 Å². The molecule has 2 aromatic rings. The number of pyridine rings is 1. The molecule has 4 nitrogen and oxygen atoms in total. The number of nitrogen functional groups attached to an aromatic ring is 1. The van der Waals surface area contributed by atoms with Crippen molar-refractivity contribution < 1.29 is 9.47 Å². The Morgan fingerprint density at radius 1 is 1.14 bits per heavy atom. The van der Waals surface area contributed by atoms with Crippen LogP contribution in [0, 0.1) is 19.8 Å². The van der Waals surface area contributed by atoms with Gasteiger partial charge in [0.1, 0.15) is 5.75 Å². The van der Waals surface area contributed by atoms with Crippen molar-refractivity contribution in [3.05, 3.63) is 41.5 Å². The van der Waals surface area contributed by atoms with Crippen LogP contribution in [0.25, 0.3) is 0 Å². The zero-order valence-corrected chi connectivity index (χ0v) is 12.4. The van der Waals surface area contributed by atoms with Gasteiger partial charge in [-0.3, -0.25) is 0 Å². The number of hydrogen-bond donors (Lipinski definition) is 1. The molecule has 1 fully saturated rings. The molecule has 1 saturated carbocycles. The Morgan fingerprint density at radius 3 is 2.52 bits per heavy atom. The van der Waals surface area contributed by atoms with Crippen LogP contribution in [-0.2, 0) is 0 Å². The largest absolute Gasteiger partial charge is 0.476 e. The third-order valence-corrected chi connectivity index (χ3v) is 3.63. The molecular formula is C17H20N2O2. The van der Waals surface area contributed by atoms with Crippen LogP contribution in [0.5, 0.6) is 17.5 Å². The number of ether oxygens (including phenoxy) is 2. The molecule has 0 saturated heterocycles. The third-order valence-electron chi connectivity index (χ3n) is 3.63. The lowest BCUT2D eigenvalue weighted by atomic mass is 10.1. The van der Waals surface area contributed by atoms with Gasteiger partial charge in [0.15, 0.2) is 0 Å². The zero-order chi connectivity index (χ0) is 14.8. The maximum atomic E-state index is 5.91. The minimum atomic E-state index is 0.464. The highest BCUT2D eigenvalue weighted by Crippen LogP contribution is 2.32. The smallest absolute Gasteiger partial charge is 0.240 e. The molecule has 0 radical (unpaired) electrons. The lowest BCUT2D eigenvalue weighted by molar-refractivity contribution is 0.286. The molecule has 1 aromatic carbocycles. The molecule has 0 unspecified atom stereocenters. The van der Waals surface area contributed by atoms with Crippen molar-refractivity contribution in [1.29, 1.82) is 0 Å². The highest BCUT2D eigenvalue weighted by molar-refractivity contribution is 5.50. The number of benzene rings is 1. The van der Waals surface area contributed by atoms with Crippen molar-refractivity contribution in [2.75, 3.05) is 12.3 Å². The lowest BCUT2D eigenvalue weighted by Gasteiger charge is -2.13. The highest BCUT2D eigenvalue weighted by Gasteiger charge is 2.22. The monoisotopic (exact) mass is 284 g/mol. The summed E-state index contributed by atoms with van der Waals surface area (Å²) in [5.41, 5.74) is 8.61. The molecule has 0 spiro atoms. The molecule has 2 N–H and O–H groups in total. The summed E-state index contributed by atoms with van der Waals surface area (Å²) in [6.07, 6.45) is 2.47. The fourth-order valence-electron chi connectivity index (χ4n) is 2.15. The van der Waals surface area contributed by atoms with E-state index in [-0.39, 0.29) is 0 Å². The summed E-state index contributed by atoms with van der Waals surface area (Å²) in [5, 5.41) is 0. The van der Waals surface area contributed by atoms with Gasteiger partial charge >= 0.3 is 0 Å². The number of hydrogen-bond acceptors (Lipinski definition) is 4. The summed E-state index contributed by atoms with van der Waals surface area (Å²) < 4.78 is 11.6. The molecular weight excluding hydrogens is 264 g/mol. The van der Waals surface area contributed by atoms with E-state index in [9.17, 15) is 0 Å². The second kappa shape index (κ2) is 5.64. The second-order valence-corrected chi connectivity index (χ2v) is 5.62. The first-order valence-electron chi connectivity index (χ1n) is 7.27. The van der Waals surface area contributed by atoms with Gasteiger partial charge in [-0.1, -0.05) is 18.2 Å². The third kappa shape index (κ3) is 3.27. The molecule has 0 atom stereocenters. The summed E-state index contributed by atoms with van der Waals surface area (Å²) in [6, 6.07) is 9.59. The summed E-state index contributed by atoms with van der Waals surface area (Å²) in [5.74, 6) is 2.47. The summed E-state index contributed by atoms with van der Waals surface area (Å²) in [4.78, 5) is 4.38. The standard InChI is InChI=1S/C17H20N2O2/c1-11-4-3-5-12(2)16(11)21-15-9-8-14(18)17(19-15)20-10-13-6-7-13/h3-5,8-9,13H,6-7,10,18H2,1-2H3. The van der Waals surface area contributed by atoms with Crippen LogP contribution in [0.4, 0.5) is 5.69 Å². The molecule has 1 aliphatic carbocycles. The average Bonchev–Trinajstić information content (AvgIpc) is 3.27. The van der Waals surface area contributed by atoms with E-state index in [1.54, 1.807) is 12.1 Å². The number of rotatable bonds is 5. The van der Waals surface area contributed by atoms with Gasteiger partial charge < -0.3 is 15.2 Å². The van der Waals surface area contributed by atoms with Crippen molar-refractivity contribution in [3.8, 4) is 17.5 Å². The van der Waals surface area contributed by atoms with E-state index in [4.69, 9.17) is 15.2 Å². The Hall–Kier alpha value is -2.23. The minimum Gasteiger partial charge on any atom is -0.476 e. The topological polar surface area (TPSA) is 57.4 Å². The maximum Gasteiger partial charge on any atom is 0.240 e. The van der Waals surface area contributed by atoms with Crippen molar-refractivity contribution in [3.63, 3.8) is 0 Å². The van der Waals surface area contributed by atoms with Crippen molar-refractivity contribution in [2.24, 2.45) is 5.92 Å². The molecule has 0 amide bonds. The zero-order valence-electron chi connectivity index (χ0n) is 12.4. The first-order valence-corrected chi connectivity index (χ1v) is 7.27. The normalized spacial score (nSPS) is 14.0. The van der Waals surface area contributed by atoms with Gasteiger partial charge in [-0.25, -0.2) is 0 Å². The van der Waals surface area contributed by atoms with Gasteiger partial charge in [-0.15, -0.1) is 0 Å². The minimum absolute atomic E-state index is 0.464. The van der Waals surface area contributed by atoms with Crippen LogP contribution >= 0.6 is 0 Å². The number of nitrogens with two attached hydrogens (primary N) is 1. The van der Waals surface area contributed by atoms with Crippen LogP contribution in [0.15, 0.2) is 30.3 Å². The number of para-hydroxylation sites is 1. The molecule has 3 rings (SSSR count). The van der Waals surface area contributed by atoms with E-state index in [1.165, 1.54) is 12.8 Å². The fourth-order valence-corrected chi connectivity index (χ4v) is 2.15. The average molecular weight is 284 g/mol. The molecule has 110 valence electrons. The Morgan fingerprint density at radius 2 is 1.86 bits per heavy atom. The molecule has 1 aliphatic rings. The molecule has 0 aliphatic heterocycles. The van der Waals surface area contributed by atoms with Crippen LogP contribution in [-0.4, -0.2) is 11.6 Å². The van der Waals surface area contributed by atoms with E-state index >= 15 is 0 Å². The van der Waals surface area contributed by atoms with Gasteiger partial charge in [0.05, 0.1) is 12.3 Å². The summed E-state index contributed by atoms with van der Waals surface area (Å²) >= 11 is 0.